The topological polar surface area (TPSA) is 88.1 Å². The van der Waals surface area contributed by atoms with Gasteiger partial charge in [0.25, 0.3) is 8.32 Å². The van der Waals surface area contributed by atoms with Crippen molar-refractivity contribution < 1.29 is 33.0 Å². The minimum absolute atomic E-state index is 0.0359. The second-order valence-electron chi connectivity index (χ2n) is 15.8. The molecule has 0 radical (unpaired) electrons. The van der Waals surface area contributed by atoms with Crippen molar-refractivity contribution in [2.75, 3.05) is 13.2 Å². The molecule has 2 saturated heterocycles. The maximum Gasteiger partial charge on any atom is 0.311 e. The molecule has 2 aliphatic heterocycles. The zero-order valence-corrected chi connectivity index (χ0v) is 30.8. The second kappa shape index (κ2) is 15.3. The molecule has 0 aromatic heterocycles. The minimum Gasteiger partial charge on any atom is -0.465 e. The van der Waals surface area contributed by atoms with Crippen LogP contribution in [0.2, 0.25) is 5.04 Å². The largest absolute Gasteiger partial charge is 0.465 e. The Labute approximate surface area is 283 Å². The van der Waals surface area contributed by atoms with Gasteiger partial charge in [0.1, 0.15) is 17.2 Å². The van der Waals surface area contributed by atoms with Gasteiger partial charge in [-0.25, -0.2) is 0 Å². The van der Waals surface area contributed by atoms with Crippen LogP contribution in [0.1, 0.15) is 100 Å². The number of esters is 1. The fourth-order valence-electron chi connectivity index (χ4n) is 7.26. The molecular formula is C39H56O7Si. The van der Waals surface area contributed by atoms with Gasteiger partial charge in [-0.2, -0.15) is 0 Å². The van der Waals surface area contributed by atoms with E-state index in [0.717, 1.165) is 19.3 Å². The predicted octanol–water partition coefficient (Wildman–Crippen LogP) is 6.58. The van der Waals surface area contributed by atoms with E-state index in [-0.39, 0.29) is 53.2 Å². The van der Waals surface area contributed by atoms with E-state index in [0.29, 0.717) is 32.5 Å². The highest BCUT2D eigenvalue weighted by Gasteiger charge is 2.57. The van der Waals surface area contributed by atoms with Crippen LogP contribution in [0.15, 0.2) is 60.7 Å². The third kappa shape index (κ3) is 8.88. The highest BCUT2D eigenvalue weighted by atomic mass is 28.4. The van der Waals surface area contributed by atoms with E-state index < -0.39 is 19.3 Å². The number of carbonyl (C=O) groups is 3. The molecule has 47 heavy (non-hydrogen) atoms. The zero-order valence-electron chi connectivity index (χ0n) is 29.8. The molecule has 7 nitrogen and oxygen atoms in total. The lowest BCUT2D eigenvalue weighted by Gasteiger charge is -2.48. The van der Waals surface area contributed by atoms with E-state index in [2.05, 4.69) is 69.3 Å². The van der Waals surface area contributed by atoms with Crippen LogP contribution < -0.4 is 10.4 Å². The summed E-state index contributed by atoms with van der Waals surface area (Å²) in [4.78, 5) is 36.7. The van der Waals surface area contributed by atoms with Crippen LogP contribution in [0.4, 0.5) is 0 Å². The Morgan fingerprint density at radius 3 is 2.04 bits per heavy atom. The van der Waals surface area contributed by atoms with Crippen LogP contribution in [0, 0.1) is 11.3 Å². The van der Waals surface area contributed by atoms with Gasteiger partial charge in [0.2, 0.25) is 0 Å². The van der Waals surface area contributed by atoms with Crippen molar-refractivity contribution in [3.8, 4) is 0 Å². The Balaban J connectivity index is 1.62. The maximum absolute atomic E-state index is 12.8. The molecule has 258 valence electrons. The highest BCUT2D eigenvalue weighted by molar-refractivity contribution is 6.99. The Hall–Kier alpha value is -2.65. The summed E-state index contributed by atoms with van der Waals surface area (Å²) in [6.07, 6.45) is 3.86. The predicted molar refractivity (Wildman–Crippen MR) is 187 cm³/mol. The molecule has 2 heterocycles. The van der Waals surface area contributed by atoms with Crippen LogP contribution in [0.5, 0.6) is 0 Å². The lowest BCUT2D eigenvalue weighted by atomic mass is 9.84. The summed E-state index contributed by atoms with van der Waals surface area (Å²) >= 11 is 0. The summed E-state index contributed by atoms with van der Waals surface area (Å²) in [5.74, 6) is -0.618. The highest BCUT2D eigenvalue weighted by Crippen LogP contribution is 2.46. The third-order valence-corrected chi connectivity index (χ3v) is 14.7. The number of fused-ring (bicyclic) bond motifs is 1. The van der Waals surface area contributed by atoms with Crippen molar-refractivity contribution in [3.05, 3.63) is 60.7 Å². The number of hydrogen-bond acceptors (Lipinski definition) is 7. The molecule has 2 aromatic carbocycles. The first-order valence-electron chi connectivity index (χ1n) is 17.3. The SMILES string of the molecule is CC(=O)CC(=O)[C@H](C)CC1CC[C@@H]2O[C@@H](CCCOC(=O)C(C)(C)C)C[C@]2(CO[Si](c2ccccc2)(c2ccccc2)C(C)(C)C)O1. The molecule has 5 atom stereocenters. The molecule has 0 amide bonds. The zero-order chi connectivity index (χ0) is 34.5. The number of Topliss-reactive ketones (excluding diaryl/α,β-unsaturated/α-hetero) is 2. The molecule has 0 saturated carbocycles. The number of rotatable bonds is 14. The van der Waals surface area contributed by atoms with E-state index in [9.17, 15) is 14.4 Å². The van der Waals surface area contributed by atoms with Gasteiger partial charge in [-0.05, 0) is 75.2 Å². The average Bonchev–Trinajstić information content (AvgIpc) is 3.37. The number of benzene rings is 2. The molecule has 2 aliphatic rings. The molecule has 4 rings (SSSR count). The smallest absolute Gasteiger partial charge is 0.311 e. The molecule has 0 aliphatic carbocycles. The Morgan fingerprint density at radius 1 is 0.915 bits per heavy atom. The van der Waals surface area contributed by atoms with Gasteiger partial charge in [-0.3, -0.25) is 14.4 Å². The van der Waals surface area contributed by atoms with E-state index in [1.54, 1.807) is 0 Å². The summed E-state index contributed by atoms with van der Waals surface area (Å²) in [6.45, 7) is 16.5. The lowest BCUT2D eigenvalue weighted by Crippen LogP contribution is -2.68. The van der Waals surface area contributed by atoms with Gasteiger partial charge in [0, 0.05) is 12.3 Å². The van der Waals surface area contributed by atoms with Gasteiger partial charge in [-0.15, -0.1) is 0 Å². The quantitative estimate of drug-likeness (QED) is 0.0976. The molecule has 0 N–H and O–H groups in total. The first kappa shape index (κ1) is 37.2. The van der Waals surface area contributed by atoms with Gasteiger partial charge in [0.05, 0.1) is 43.4 Å². The fraction of sp³-hybridized carbons (Fsp3) is 0.615. The van der Waals surface area contributed by atoms with Gasteiger partial charge >= 0.3 is 5.97 Å². The van der Waals surface area contributed by atoms with Crippen molar-refractivity contribution in [3.63, 3.8) is 0 Å². The second-order valence-corrected chi connectivity index (χ2v) is 20.1. The molecule has 1 unspecified atom stereocenters. The van der Waals surface area contributed by atoms with Gasteiger partial charge in [0.15, 0.2) is 0 Å². The number of ketones is 2. The molecular weight excluding hydrogens is 609 g/mol. The standard InChI is InChI=1S/C39H56O7Si/c1-28(34(41)25-29(2)40)24-30-21-22-35-39(46-30,26-31(45-35)16-15-23-43-36(42)37(3,4)5)27-44-47(38(6,7)8,32-17-11-9-12-18-32)33-19-13-10-14-20-33/h9-14,17-20,28,30-31,35H,15-16,21-27H2,1-8H3/t28-,30?,31+,35+,39-/m1/s1. The summed E-state index contributed by atoms with van der Waals surface area (Å²) in [5.41, 5.74) is -1.22. The monoisotopic (exact) mass is 664 g/mol. The molecule has 0 bridgehead atoms. The average molecular weight is 665 g/mol. The Kier molecular flexibility index (Phi) is 12.1. The molecule has 8 heteroatoms. The van der Waals surface area contributed by atoms with Crippen molar-refractivity contribution in [2.24, 2.45) is 11.3 Å². The lowest BCUT2D eigenvalue weighted by molar-refractivity contribution is -0.184. The Morgan fingerprint density at radius 2 is 1.51 bits per heavy atom. The number of ether oxygens (including phenoxy) is 3. The number of hydrogen-bond donors (Lipinski definition) is 0. The van der Waals surface area contributed by atoms with Gasteiger partial charge in [-0.1, -0.05) is 88.4 Å². The summed E-state index contributed by atoms with van der Waals surface area (Å²) in [6, 6.07) is 21.2. The third-order valence-electron chi connectivity index (χ3n) is 9.72. The van der Waals surface area contributed by atoms with E-state index >= 15 is 0 Å². The summed E-state index contributed by atoms with van der Waals surface area (Å²) < 4.78 is 26.8. The molecule has 2 aromatic rings. The Bertz CT molecular complexity index is 1310. The van der Waals surface area contributed by atoms with E-state index in [1.807, 2.05) is 39.8 Å². The van der Waals surface area contributed by atoms with Crippen LogP contribution in [-0.4, -0.2) is 63.0 Å². The van der Waals surface area contributed by atoms with Crippen LogP contribution in [0.25, 0.3) is 0 Å². The van der Waals surface area contributed by atoms with E-state index in [1.165, 1.54) is 17.3 Å². The fourth-order valence-corrected chi connectivity index (χ4v) is 11.9. The first-order chi connectivity index (χ1) is 22.1. The number of carbonyl (C=O) groups excluding carboxylic acids is 3. The van der Waals surface area contributed by atoms with Crippen LogP contribution >= 0.6 is 0 Å². The molecule has 2 fully saturated rings. The summed E-state index contributed by atoms with van der Waals surface area (Å²) in [5, 5.41) is 2.22. The normalized spacial score (nSPS) is 24.0. The summed E-state index contributed by atoms with van der Waals surface area (Å²) in [7, 11) is -2.86. The van der Waals surface area contributed by atoms with Crippen LogP contribution in [0.3, 0.4) is 0 Å². The maximum atomic E-state index is 12.8. The van der Waals surface area contributed by atoms with Crippen molar-refractivity contribution >= 4 is 36.2 Å². The van der Waals surface area contributed by atoms with E-state index in [4.69, 9.17) is 18.6 Å². The van der Waals surface area contributed by atoms with Crippen molar-refractivity contribution in [2.45, 2.75) is 129 Å². The van der Waals surface area contributed by atoms with Gasteiger partial charge < -0.3 is 18.6 Å². The van der Waals surface area contributed by atoms with Crippen molar-refractivity contribution in [1.82, 2.24) is 0 Å². The minimum atomic E-state index is -2.86. The first-order valence-corrected chi connectivity index (χ1v) is 19.3. The van der Waals surface area contributed by atoms with Crippen LogP contribution in [-0.2, 0) is 33.0 Å². The molecule has 0 spiro atoms. The van der Waals surface area contributed by atoms with Crippen molar-refractivity contribution in [1.29, 1.82) is 0 Å².